The predicted octanol–water partition coefficient (Wildman–Crippen LogP) is 12.8. The maximum absolute atomic E-state index is 11.9. The molecule has 0 unspecified atom stereocenters. The highest BCUT2D eigenvalue weighted by atomic mass is 16.6. The van der Waals surface area contributed by atoms with Gasteiger partial charge < -0.3 is 9.47 Å². The van der Waals surface area contributed by atoms with Gasteiger partial charge in [-0.15, -0.1) is 0 Å². The van der Waals surface area contributed by atoms with E-state index in [1.54, 1.807) is 0 Å². The minimum Gasteiger partial charge on any atom is -0.462 e. The van der Waals surface area contributed by atoms with Crippen molar-refractivity contribution in [1.82, 2.24) is 0 Å². The highest BCUT2D eigenvalue weighted by Gasteiger charge is 2.06. The van der Waals surface area contributed by atoms with Crippen molar-refractivity contribution in [3.05, 3.63) is 6.61 Å². The van der Waals surface area contributed by atoms with Crippen LogP contribution in [0.5, 0.6) is 0 Å². The Kier molecular flexibility index (Phi) is 35.2. The van der Waals surface area contributed by atoms with Crippen molar-refractivity contribution in [3.8, 4) is 0 Å². The Morgan fingerprint density at radius 2 is 0.643 bits per heavy atom. The molecular formula is C38H73O4. The first-order chi connectivity index (χ1) is 20.7. The molecular weight excluding hydrogens is 520 g/mol. The summed E-state index contributed by atoms with van der Waals surface area (Å²) in [5.74, 6) is -0.414. The van der Waals surface area contributed by atoms with Crippen LogP contribution in [0.15, 0.2) is 0 Å². The van der Waals surface area contributed by atoms with Crippen molar-refractivity contribution in [1.29, 1.82) is 0 Å². The summed E-state index contributed by atoms with van der Waals surface area (Å²) in [5, 5.41) is 0. The molecule has 0 aromatic rings. The first-order valence-corrected chi connectivity index (χ1v) is 18.9. The van der Waals surface area contributed by atoms with Gasteiger partial charge in [0.15, 0.2) is 6.61 Å². The number of carbonyl (C=O) groups excluding carboxylic acids is 2. The molecule has 0 N–H and O–H groups in total. The van der Waals surface area contributed by atoms with Gasteiger partial charge >= 0.3 is 11.9 Å². The Morgan fingerprint density at radius 1 is 0.381 bits per heavy atom. The third-order valence-corrected chi connectivity index (χ3v) is 8.50. The molecule has 0 heterocycles. The van der Waals surface area contributed by atoms with E-state index in [0.717, 1.165) is 25.7 Å². The molecule has 0 aromatic carbocycles. The van der Waals surface area contributed by atoms with Crippen molar-refractivity contribution >= 4 is 11.9 Å². The van der Waals surface area contributed by atoms with E-state index in [4.69, 9.17) is 9.47 Å². The molecule has 1 radical (unpaired) electrons. The molecule has 0 fully saturated rings. The van der Waals surface area contributed by atoms with E-state index < -0.39 is 0 Å². The molecule has 4 nitrogen and oxygen atoms in total. The molecule has 0 bridgehead atoms. The zero-order chi connectivity index (χ0) is 30.6. The third kappa shape index (κ3) is 35.1. The largest absolute Gasteiger partial charge is 0.462 e. The normalized spacial score (nSPS) is 11.2. The van der Waals surface area contributed by atoms with Gasteiger partial charge in [0.1, 0.15) is 6.61 Å². The van der Waals surface area contributed by atoms with Gasteiger partial charge in [0.2, 0.25) is 0 Å². The summed E-state index contributed by atoms with van der Waals surface area (Å²) in [6, 6.07) is 0. The van der Waals surface area contributed by atoms with Crippen molar-refractivity contribution in [2.45, 2.75) is 219 Å². The van der Waals surface area contributed by atoms with Crippen LogP contribution in [0, 0.1) is 6.61 Å². The van der Waals surface area contributed by atoms with Crippen molar-refractivity contribution in [2.24, 2.45) is 0 Å². The van der Waals surface area contributed by atoms with Crippen LogP contribution < -0.4 is 0 Å². The fraction of sp³-hybridized carbons (Fsp3) is 0.921. The Labute approximate surface area is 263 Å². The van der Waals surface area contributed by atoms with Crippen LogP contribution in [0.1, 0.15) is 219 Å². The molecule has 42 heavy (non-hydrogen) atoms. The number of carbonyl (C=O) groups is 2. The van der Waals surface area contributed by atoms with Crippen LogP contribution in [0.2, 0.25) is 0 Å². The second-order valence-electron chi connectivity index (χ2n) is 12.7. The molecule has 0 rings (SSSR count). The summed E-state index contributed by atoms with van der Waals surface area (Å²) in [4.78, 5) is 23.7. The Balaban J connectivity index is 3.26. The topological polar surface area (TPSA) is 52.6 Å². The number of hydrogen-bond acceptors (Lipinski definition) is 4. The van der Waals surface area contributed by atoms with Crippen LogP contribution in [0.3, 0.4) is 0 Å². The smallest absolute Gasteiger partial charge is 0.306 e. The average molecular weight is 594 g/mol. The van der Waals surface area contributed by atoms with Crippen LogP contribution in [0.25, 0.3) is 0 Å². The minimum atomic E-state index is -0.219. The first kappa shape index (κ1) is 40.9. The lowest BCUT2D eigenvalue weighted by molar-refractivity contribution is -0.148. The molecule has 249 valence electrons. The molecule has 0 amide bonds. The van der Waals surface area contributed by atoms with Crippen molar-refractivity contribution < 1.29 is 19.1 Å². The number of ether oxygens (including phenoxy) is 2. The third-order valence-electron chi connectivity index (χ3n) is 8.50. The van der Waals surface area contributed by atoms with Gasteiger partial charge in [0.05, 0.1) is 0 Å². The van der Waals surface area contributed by atoms with E-state index in [9.17, 15) is 9.59 Å². The Bertz CT molecular complexity index is 499. The van der Waals surface area contributed by atoms with Crippen LogP contribution in [-0.4, -0.2) is 18.5 Å². The molecule has 0 aliphatic heterocycles. The maximum Gasteiger partial charge on any atom is 0.306 e. The quantitative estimate of drug-likeness (QED) is 0.0541. The lowest BCUT2D eigenvalue weighted by Gasteiger charge is -2.06. The van der Waals surface area contributed by atoms with E-state index in [2.05, 4.69) is 13.8 Å². The van der Waals surface area contributed by atoms with Gasteiger partial charge in [-0.1, -0.05) is 194 Å². The first-order valence-electron chi connectivity index (χ1n) is 18.9. The van der Waals surface area contributed by atoms with E-state index in [1.165, 1.54) is 174 Å². The molecule has 0 spiro atoms. The molecule has 0 saturated heterocycles. The number of rotatable bonds is 35. The zero-order valence-electron chi connectivity index (χ0n) is 28.5. The fourth-order valence-electron chi connectivity index (χ4n) is 5.67. The Hall–Kier alpha value is -1.06. The predicted molar refractivity (Wildman–Crippen MR) is 180 cm³/mol. The van der Waals surface area contributed by atoms with Gasteiger partial charge in [-0.05, 0) is 12.8 Å². The van der Waals surface area contributed by atoms with Crippen LogP contribution >= 0.6 is 0 Å². The molecule has 4 heteroatoms. The van der Waals surface area contributed by atoms with Crippen molar-refractivity contribution in [3.63, 3.8) is 0 Å². The summed E-state index contributed by atoms with van der Waals surface area (Å²) in [6.07, 6.45) is 40.3. The molecule has 0 atom stereocenters. The highest BCUT2D eigenvalue weighted by molar-refractivity contribution is 5.70. The zero-order valence-corrected chi connectivity index (χ0v) is 28.5. The molecule has 0 aliphatic carbocycles. The minimum absolute atomic E-state index is 0.0577. The SMILES string of the molecule is CCCCCCCCCCCCCCCCCC(=O)O[CH]COC(=O)CCCCCCCCCCCCCCCCC. The lowest BCUT2D eigenvalue weighted by atomic mass is 10.0. The highest BCUT2D eigenvalue weighted by Crippen LogP contribution is 2.15. The van der Waals surface area contributed by atoms with Gasteiger partial charge in [-0.25, -0.2) is 0 Å². The lowest BCUT2D eigenvalue weighted by Crippen LogP contribution is -2.10. The van der Waals surface area contributed by atoms with Crippen LogP contribution in [0.4, 0.5) is 0 Å². The number of hydrogen-bond donors (Lipinski definition) is 0. The van der Waals surface area contributed by atoms with Crippen LogP contribution in [-0.2, 0) is 19.1 Å². The maximum atomic E-state index is 11.9. The van der Waals surface area contributed by atoms with E-state index >= 15 is 0 Å². The summed E-state index contributed by atoms with van der Waals surface area (Å²) < 4.78 is 10.3. The average Bonchev–Trinajstić information content (AvgIpc) is 2.99. The number of esters is 2. The second kappa shape index (κ2) is 36.1. The summed E-state index contributed by atoms with van der Waals surface area (Å²) in [7, 11) is 0. The van der Waals surface area contributed by atoms with Gasteiger partial charge in [0, 0.05) is 12.8 Å². The second-order valence-corrected chi connectivity index (χ2v) is 12.7. The van der Waals surface area contributed by atoms with E-state index in [0.29, 0.717) is 12.8 Å². The Morgan fingerprint density at radius 3 is 0.952 bits per heavy atom. The summed E-state index contributed by atoms with van der Waals surface area (Å²) in [6.45, 7) is 5.94. The van der Waals surface area contributed by atoms with Gasteiger partial charge in [-0.2, -0.15) is 0 Å². The van der Waals surface area contributed by atoms with Crippen molar-refractivity contribution in [2.75, 3.05) is 6.61 Å². The van der Waals surface area contributed by atoms with Gasteiger partial charge in [-0.3, -0.25) is 9.59 Å². The van der Waals surface area contributed by atoms with E-state index in [-0.39, 0.29) is 18.5 Å². The van der Waals surface area contributed by atoms with E-state index in [1.807, 2.05) is 0 Å². The summed E-state index contributed by atoms with van der Waals surface area (Å²) >= 11 is 0. The molecule has 0 aromatic heterocycles. The summed E-state index contributed by atoms with van der Waals surface area (Å²) in [5.41, 5.74) is 0. The molecule has 0 aliphatic rings. The molecule has 0 saturated carbocycles. The fourth-order valence-corrected chi connectivity index (χ4v) is 5.67. The van der Waals surface area contributed by atoms with Gasteiger partial charge in [0.25, 0.3) is 0 Å². The monoisotopic (exact) mass is 594 g/mol. The standard InChI is InChI=1S/C38H73O4/c1-3-5-7-9-11-13-15-17-19-21-23-25-27-29-31-33-37(39)41-35-36-42-38(40)34-32-30-28-26-24-22-20-18-16-14-12-10-8-6-4-2/h35H,3-34,36H2,1-2H3. The number of unbranched alkanes of at least 4 members (excludes halogenated alkanes) is 28.